The van der Waals surface area contributed by atoms with E-state index in [1.54, 1.807) is 0 Å². The van der Waals surface area contributed by atoms with Crippen LogP contribution in [0.2, 0.25) is 0 Å². The molecule has 0 saturated carbocycles. The topological polar surface area (TPSA) is 41.6 Å². The Morgan fingerprint density at radius 3 is 2.55 bits per heavy atom. The Hall–Kier alpha value is -0.610. The molecule has 0 aromatic carbocycles. The number of nitrogens with zero attached hydrogens (tertiary/aromatic N) is 1. The maximum atomic E-state index is 12.2. The Bertz CT molecular complexity index is 301. The zero-order chi connectivity index (χ0) is 14.4. The summed E-state index contributed by atoms with van der Waals surface area (Å²) in [6, 6.07) is 0. The lowest BCUT2D eigenvalue weighted by Gasteiger charge is -2.32. The number of ether oxygens (including phenoxy) is 1. The van der Waals surface area contributed by atoms with Crippen molar-refractivity contribution in [1.82, 2.24) is 10.2 Å². The first-order chi connectivity index (χ1) is 9.69. The molecule has 116 valence electrons. The van der Waals surface area contributed by atoms with Crippen LogP contribution >= 0.6 is 0 Å². The van der Waals surface area contributed by atoms with Crippen molar-refractivity contribution in [1.29, 1.82) is 0 Å². The van der Waals surface area contributed by atoms with Gasteiger partial charge < -0.3 is 15.0 Å². The first-order valence-electron chi connectivity index (χ1n) is 8.27. The summed E-state index contributed by atoms with van der Waals surface area (Å²) in [5.74, 6) is 1.13. The highest BCUT2D eigenvalue weighted by Crippen LogP contribution is 2.24. The molecule has 0 spiro atoms. The van der Waals surface area contributed by atoms with Gasteiger partial charge in [0.05, 0.1) is 12.2 Å². The monoisotopic (exact) mass is 282 g/mol. The lowest BCUT2D eigenvalue weighted by atomic mass is 9.93. The third kappa shape index (κ3) is 4.74. The molecule has 1 amide bonds. The fourth-order valence-electron chi connectivity index (χ4n) is 3.36. The molecule has 2 aliphatic rings. The number of likely N-dealkylation sites (tertiary alicyclic amines) is 1. The van der Waals surface area contributed by atoms with Crippen LogP contribution in [0, 0.1) is 5.92 Å². The second kappa shape index (κ2) is 7.99. The molecule has 2 atom stereocenters. The van der Waals surface area contributed by atoms with Crippen LogP contribution in [0.5, 0.6) is 0 Å². The molecular formula is C16H30N2O2. The van der Waals surface area contributed by atoms with Gasteiger partial charge >= 0.3 is 0 Å². The Morgan fingerprint density at radius 2 is 1.95 bits per heavy atom. The van der Waals surface area contributed by atoms with Gasteiger partial charge in [-0.2, -0.15) is 0 Å². The van der Waals surface area contributed by atoms with Crippen molar-refractivity contribution in [3.63, 3.8) is 0 Å². The molecule has 2 unspecified atom stereocenters. The predicted octanol–water partition coefficient (Wildman–Crippen LogP) is 2.18. The molecule has 4 nitrogen and oxygen atoms in total. The summed E-state index contributed by atoms with van der Waals surface area (Å²) in [6.45, 7) is 5.12. The molecule has 0 bridgehead atoms. The number of carbonyl (C=O) groups is 1. The number of amides is 1. The SMILES string of the molecule is CNCCC1CCN(C(=O)CCC2CCC(C)O2)CC1. The van der Waals surface area contributed by atoms with E-state index in [0.717, 1.165) is 44.8 Å². The molecule has 0 aromatic heterocycles. The number of rotatable bonds is 6. The maximum absolute atomic E-state index is 12.2. The van der Waals surface area contributed by atoms with E-state index in [1.165, 1.54) is 19.3 Å². The van der Waals surface area contributed by atoms with Crippen LogP contribution in [-0.4, -0.2) is 49.7 Å². The lowest BCUT2D eigenvalue weighted by molar-refractivity contribution is -0.133. The molecule has 2 heterocycles. The van der Waals surface area contributed by atoms with Gasteiger partial charge in [0, 0.05) is 19.5 Å². The minimum absolute atomic E-state index is 0.321. The van der Waals surface area contributed by atoms with E-state index in [9.17, 15) is 4.79 Å². The van der Waals surface area contributed by atoms with E-state index in [2.05, 4.69) is 17.1 Å². The van der Waals surface area contributed by atoms with Crippen molar-refractivity contribution in [2.75, 3.05) is 26.7 Å². The molecular weight excluding hydrogens is 252 g/mol. The molecule has 0 aliphatic carbocycles. The zero-order valence-electron chi connectivity index (χ0n) is 13.1. The summed E-state index contributed by atoms with van der Waals surface area (Å²) in [5, 5.41) is 3.21. The smallest absolute Gasteiger partial charge is 0.222 e. The summed E-state index contributed by atoms with van der Waals surface area (Å²) in [4.78, 5) is 14.3. The minimum Gasteiger partial charge on any atom is -0.375 e. The molecule has 0 aromatic rings. The van der Waals surface area contributed by atoms with Crippen LogP contribution in [0.15, 0.2) is 0 Å². The first-order valence-corrected chi connectivity index (χ1v) is 8.27. The van der Waals surface area contributed by atoms with Crippen LogP contribution in [-0.2, 0) is 9.53 Å². The number of hydrogen-bond donors (Lipinski definition) is 1. The third-order valence-electron chi connectivity index (χ3n) is 4.77. The first kappa shape index (κ1) is 15.8. The Balaban J connectivity index is 1.62. The van der Waals surface area contributed by atoms with Gasteiger partial charge in [-0.1, -0.05) is 0 Å². The molecule has 4 heteroatoms. The van der Waals surface area contributed by atoms with Crippen molar-refractivity contribution >= 4 is 5.91 Å². The van der Waals surface area contributed by atoms with Crippen molar-refractivity contribution < 1.29 is 9.53 Å². The summed E-state index contributed by atoms with van der Waals surface area (Å²) in [5.41, 5.74) is 0. The Morgan fingerprint density at radius 1 is 1.20 bits per heavy atom. The number of hydrogen-bond acceptors (Lipinski definition) is 3. The van der Waals surface area contributed by atoms with Gasteiger partial charge in [-0.3, -0.25) is 4.79 Å². The van der Waals surface area contributed by atoms with Crippen LogP contribution in [0.3, 0.4) is 0 Å². The summed E-state index contributed by atoms with van der Waals surface area (Å²) < 4.78 is 5.78. The highest BCUT2D eigenvalue weighted by atomic mass is 16.5. The largest absolute Gasteiger partial charge is 0.375 e. The van der Waals surface area contributed by atoms with E-state index >= 15 is 0 Å². The van der Waals surface area contributed by atoms with Gasteiger partial charge in [0.25, 0.3) is 0 Å². The fourth-order valence-corrected chi connectivity index (χ4v) is 3.36. The van der Waals surface area contributed by atoms with Crippen LogP contribution in [0.4, 0.5) is 0 Å². The molecule has 2 rings (SSSR count). The second-order valence-electron chi connectivity index (χ2n) is 6.40. The van der Waals surface area contributed by atoms with E-state index < -0.39 is 0 Å². The van der Waals surface area contributed by atoms with Crippen LogP contribution in [0.1, 0.15) is 51.9 Å². The summed E-state index contributed by atoms with van der Waals surface area (Å²) >= 11 is 0. The quantitative estimate of drug-likeness (QED) is 0.812. The average molecular weight is 282 g/mol. The van der Waals surface area contributed by atoms with Crippen molar-refractivity contribution in [2.45, 2.75) is 64.1 Å². The van der Waals surface area contributed by atoms with Crippen molar-refractivity contribution in [3.8, 4) is 0 Å². The predicted molar refractivity (Wildman–Crippen MR) is 80.7 cm³/mol. The zero-order valence-corrected chi connectivity index (χ0v) is 13.1. The lowest BCUT2D eigenvalue weighted by Crippen LogP contribution is -2.39. The van der Waals surface area contributed by atoms with Crippen LogP contribution < -0.4 is 5.32 Å². The average Bonchev–Trinajstić information content (AvgIpc) is 2.89. The third-order valence-corrected chi connectivity index (χ3v) is 4.77. The Labute approximate surface area is 123 Å². The summed E-state index contributed by atoms with van der Waals surface area (Å²) in [7, 11) is 2.00. The van der Waals surface area contributed by atoms with Crippen LogP contribution in [0.25, 0.3) is 0 Å². The van der Waals surface area contributed by atoms with Gasteiger partial charge in [-0.05, 0) is 65.0 Å². The van der Waals surface area contributed by atoms with Gasteiger partial charge in [-0.15, -0.1) is 0 Å². The highest BCUT2D eigenvalue weighted by molar-refractivity contribution is 5.76. The minimum atomic E-state index is 0.321. The maximum Gasteiger partial charge on any atom is 0.222 e. The van der Waals surface area contributed by atoms with Gasteiger partial charge in [0.2, 0.25) is 5.91 Å². The molecule has 2 fully saturated rings. The van der Waals surface area contributed by atoms with E-state index in [1.807, 2.05) is 7.05 Å². The highest BCUT2D eigenvalue weighted by Gasteiger charge is 2.25. The van der Waals surface area contributed by atoms with Crippen molar-refractivity contribution in [3.05, 3.63) is 0 Å². The molecule has 2 saturated heterocycles. The van der Waals surface area contributed by atoms with E-state index in [-0.39, 0.29) is 0 Å². The van der Waals surface area contributed by atoms with E-state index in [4.69, 9.17) is 4.74 Å². The fraction of sp³-hybridized carbons (Fsp3) is 0.938. The van der Waals surface area contributed by atoms with Gasteiger partial charge in [-0.25, -0.2) is 0 Å². The standard InChI is InChI=1S/C16H30N2O2/c1-13-3-4-15(20-13)5-6-16(19)18-11-8-14(9-12-18)7-10-17-2/h13-15,17H,3-12H2,1-2H3. The number of piperidine rings is 1. The molecule has 2 aliphatic heterocycles. The Kier molecular flexibility index (Phi) is 6.30. The number of nitrogens with one attached hydrogen (secondary N) is 1. The molecule has 1 N–H and O–H groups in total. The summed E-state index contributed by atoms with van der Waals surface area (Å²) in [6.07, 6.45) is 8.14. The van der Waals surface area contributed by atoms with Gasteiger partial charge in [0.1, 0.15) is 0 Å². The normalized spacial score (nSPS) is 28.0. The van der Waals surface area contributed by atoms with Crippen molar-refractivity contribution in [2.24, 2.45) is 5.92 Å². The molecule has 0 radical (unpaired) electrons. The van der Waals surface area contributed by atoms with Gasteiger partial charge in [0.15, 0.2) is 0 Å². The molecule has 20 heavy (non-hydrogen) atoms. The number of carbonyl (C=O) groups excluding carboxylic acids is 1. The second-order valence-corrected chi connectivity index (χ2v) is 6.40. The van der Waals surface area contributed by atoms with E-state index in [0.29, 0.717) is 24.5 Å².